The molecule has 1 N–H and O–H groups in total. The van der Waals surface area contributed by atoms with Crippen molar-refractivity contribution in [2.75, 3.05) is 0 Å². The number of carbonyl (C=O) groups is 2. The van der Waals surface area contributed by atoms with Crippen LogP contribution in [0.3, 0.4) is 0 Å². The van der Waals surface area contributed by atoms with Crippen LogP contribution in [0.1, 0.15) is 28.4 Å². The van der Waals surface area contributed by atoms with Gasteiger partial charge in [0.2, 0.25) is 0 Å². The number of benzene rings is 2. The van der Waals surface area contributed by atoms with Crippen LogP contribution in [0, 0.1) is 5.82 Å². The molecule has 0 fully saturated rings. The smallest absolute Gasteiger partial charge is 0.335 e. The lowest BCUT2D eigenvalue weighted by atomic mass is 10.1. The van der Waals surface area contributed by atoms with Gasteiger partial charge in [0.1, 0.15) is 10.7 Å². The van der Waals surface area contributed by atoms with E-state index in [2.05, 4.69) is 0 Å². The van der Waals surface area contributed by atoms with Crippen LogP contribution in [0.5, 0.6) is 0 Å². The summed E-state index contributed by atoms with van der Waals surface area (Å²) in [5, 5.41) is 8.91. The minimum absolute atomic E-state index is 0.0544. The lowest BCUT2D eigenvalue weighted by molar-refractivity contribution is -0.122. The number of carboxylic acids is 1. The standard InChI is InChI=1S/C18H14FNO5S/c1-11-16(13-6-8-15(19)9-7-13)26(24,25)20(17(11)21)10-12-2-4-14(5-3-12)18(22)23/h2-9H,10H2,1H3,(H,22,23). The molecule has 1 heterocycles. The first-order valence-corrected chi connectivity index (χ1v) is 9.02. The van der Waals surface area contributed by atoms with Crippen LogP contribution in [-0.4, -0.2) is 29.7 Å². The summed E-state index contributed by atoms with van der Waals surface area (Å²) < 4.78 is 39.5. The van der Waals surface area contributed by atoms with Crippen molar-refractivity contribution in [2.45, 2.75) is 13.5 Å². The third-order valence-electron chi connectivity index (χ3n) is 4.07. The molecule has 0 atom stereocenters. The van der Waals surface area contributed by atoms with Gasteiger partial charge >= 0.3 is 5.97 Å². The molecule has 0 saturated carbocycles. The van der Waals surface area contributed by atoms with Crippen molar-refractivity contribution in [1.82, 2.24) is 4.31 Å². The van der Waals surface area contributed by atoms with Crippen LogP contribution < -0.4 is 0 Å². The monoisotopic (exact) mass is 375 g/mol. The molecule has 2 aromatic carbocycles. The van der Waals surface area contributed by atoms with E-state index in [1.54, 1.807) is 0 Å². The average molecular weight is 375 g/mol. The van der Waals surface area contributed by atoms with E-state index >= 15 is 0 Å². The second-order valence-electron chi connectivity index (χ2n) is 5.78. The summed E-state index contributed by atoms with van der Waals surface area (Å²) in [5.41, 5.74) is 0.825. The Morgan fingerprint density at radius 3 is 2.19 bits per heavy atom. The van der Waals surface area contributed by atoms with Gasteiger partial charge in [0, 0.05) is 5.57 Å². The number of hydrogen-bond donors (Lipinski definition) is 1. The number of rotatable bonds is 4. The number of sulfonamides is 1. The molecule has 0 aliphatic carbocycles. The minimum atomic E-state index is -4.09. The summed E-state index contributed by atoms with van der Waals surface area (Å²) in [6, 6.07) is 10.5. The zero-order valence-electron chi connectivity index (χ0n) is 13.6. The van der Waals surface area contributed by atoms with Crippen molar-refractivity contribution in [2.24, 2.45) is 0 Å². The van der Waals surface area contributed by atoms with Crippen LogP contribution >= 0.6 is 0 Å². The summed E-state index contributed by atoms with van der Waals surface area (Å²) in [6.45, 7) is 1.19. The van der Waals surface area contributed by atoms with Crippen molar-refractivity contribution >= 4 is 26.8 Å². The molecule has 0 aromatic heterocycles. The van der Waals surface area contributed by atoms with Crippen molar-refractivity contribution in [3.8, 4) is 0 Å². The first kappa shape index (κ1) is 17.8. The van der Waals surface area contributed by atoms with E-state index in [0.29, 0.717) is 5.56 Å². The molecular weight excluding hydrogens is 361 g/mol. The molecule has 8 heteroatoms. The van der Waals surface area contributed by atoms with Gasteiger partial charge in [-0.1, -0.05) is 24.3 Å². The second kappa shape index (κ2) is 6.38. The molecule has 3 rings (SSSR count). The normalized spacial score (nSPS) is 16.2. The predicted molar refractivity (Wildman–Crippen MR) is 91.9 cm³/mol. The highest BCUT2D eigenvalue weighted by molar-refractivity contribution is 7.99. The molecule has 6 nitrogen and oxygen atoms in total. The molecule has 0 unspecified atom stereocenters. The SMILES string of the molecule is CC1=C(c2ccc(F)cc2)S(=O)(=O)N(Cc2ccc(C(=O)O)cc2)C1=O. The van der Waals surface area contributed by atoms with E-state index in [4.69, 9.17) is 5.11 Å². The fourth-order valence-corrected chi connectivity index (χ4v) is 4.54. The molecule has 1 aliphatic rings. The van der Waals surface area contributed by atoms with Crippen LogP contribution in [0.25, 0.3) is 4.91 Å². The Balaban J connectivity index is 1.94. The predicted octanol–water partition coefficient (Wildman–Crippen LogP) is 2.63. The van der Waals surface area contributed by atoms with Gasteiger partial charge in [-0.3, -0.25) is 4.79 Å². The van der Waals surface area contributed by atoms with Gasteiger partial charge in [-0.15, -0.1) is 0 Å². The van der Waals surface area contributed by atoms with Crippen molar-refractivity contribution in [3.05, 3.63) is 76.6 Å². The maximum Gasteiger partial charge on any atom is 0.335 e. The van der Waals surface area contributed by atoms with Crippen molar-refractivity contribution in [3.63, 3.8) is 0 Å². The van der Waals surface area contributed by atoms with Gasteiger partial charge in [0.15, 0.2) is 0 Å². The maximum absolute atomic E-state index is 13.1. The molecule has 1 amide bonds. The first-order valence-electron chi connectivity index (χ1n) is 7.58. The second-order valence-corrected chi connectivity index (χ2v) is 7.58. The number of aromatic carboxylic acids is 1. The lowest BCUT2D eigenvalue weighted by Gasteiger charge is -2.17. The number of nitrogens with zero attached hydrogens (tertiary/aromatic N) is 1. The summed E-state index contributed by atoms with van der Waals surface area (Å²) in [5.74, 6) is -2.27. The fourth-order valence-electron chi connectivity index (χ4n) is 2.74. The minimum Gasteiger partial charge on any atom is -0.478 e. The van der Waals surface area contributed by atoms with Gasteiger partial charge in [-0.05, 0) is 42.3 Å². The topological polar surface area (TPSA) is 91.8 Å². The van der Waals surface area contributed by atoms with Gasteiger partial charge in [0.05, 0.1) is 12.1 Å². The number of halogens is 1. The molecule has 0 radical (unpaired) electrons. The number of carbonyl (C=O) groups excluding carboxylic acids is 1. The molecule has 0 saturated heterocycles. The number of carboxylic acid groups (broad SMARTS) is 1. The Morgan fingerprint density at radius 2 is 1.65 bits per heavy atom. The maximum atomic E-state index is 13.1. The van der Waals surface area contributed by atoms with Crippen molar-refractivity contribution < 1.29 is 27.5 Å². The molecule has 26 heavy (non-hydrogen) atoms. The van der Waals surface area contributed by atoms with Gasteiger partial charge in [-0.2, -0.15) is 0 Å². The molecule has 0 bridgehead atoms. The lowest BCUT2D eigenvalue weighted by Crippen LogP contribution is -2.30. The highest BCUT2D eigenvalue weighted by atomic mass is 32.2. The highest BCUT2D eigenvalue weighted by Gasteiger charge is 2.42. The number of amides is 1. The largest absolute Gasteiger partial charge is 0.478 e. The third-order valence-corrected chi connectivity index (χ3v) is 6.00. The van der Waals surface area contributed by atoms with E-state index < -0.39 is 27.7 Å². The Hall–Kier alpha value is -3.00. The quantitative estimate of drug-likeness (QED) is 0.887. The summed E-state index contributed by atoms with van der Waals surface area (Å²) in [6.07, 6.45) is 0. The molecular formula is C18H14FNO5S. The third kappa shape index (κ3) is 2.99. The summed E-state index contributed by atoms with van der Waals surface area (Å²) in [4.78, 5) is 23.2. The Labute approximate surface area is 149 Å². The fraction of sp³-hybridized carbons (Fsp3) is 0.111. The Bertz CT molecular complexity index is 1020. The van der Waals surface area contributed by atoms with E-state index in [1.807, 2.05) is 0 Å². The van der Waals surface area contributed by atoms with Gasteiger partial charge in [0.25, 0.3) is 15.9 Å². The van der Waals surface area contributed by atoms with E-state index in [1.165, 1.54) is 43.3 Å². The molecule has 1 aliphatic heterocycles. The van der Waals surface area contributed by atoms with E-state index in [0.717, 1.165) is 16.4 Å². The van der Waals surface area contributed by atoms with Gasteiger partial charge in [-0.25, -0.2) is 21.9 Å². The number of hydrogen-bond acceptors (Lipinski definition) is 4. The highest BCUT2D eigenvalue weighted by Crippen LogP contribution is 2.36. The summed E-state index contributed by atoms with van der Waals surface area (Å²) in [7, 11) is -4.09. The van der Waals surface area contributed by atoms with Gasteiger partial charge < -0.3 is 5.11 Å². The van der Waals surface area contributed by atoms with Crippen LogP contribution in [0.4, 0.5) is 4.39 Å². The molecule has 0 spiro atoms. The first-order chi connectivity index (χ1) is 12.2. The van der Waals surface area contributed by atoms with Crippen LogP contribution in [-0.2, 0) is 21.4 Å². The summed E-state index contributed by atoms with van der Waals surface area (Å²) >= 11 is 0. The molecule has 2 aromatic rings. The van der Waals surface area contributed by atoms with Crippen molar-refractivity contribution in [1.29, 1.82) is 0 Å². The van der Waals surface area contributed by atoms with E-state index in [-0.39, 0.29) is 28.1 Å². The Morgan fingerprint density at radius 1 is 1.08 bits per heavy atom. The van der Waals surface area contributed by atoms with Crippen LogP contribution in [0.2, 0.25) is 0 Å². The molecule has 134 valence electrons. The average Bonchev–Trinajstić information content (AvgIpc) is 2.76. The zero-order chi connectivity index (χ0) is 19.1. The Kier molecular flexibility index (Phi) is 4.37. The zero-order valence-corrected chi connectivity index (χ0v) is 14.5. The van der Waals surface area contributed by atoms with Crippen LogP contribution in [0.15, 0.2) is 54.1 Å². The van der Waals surface area contributed by atoms with E-state index in [9.17, 15) is 22.4 Å².